The first kappa shape index (κ1) is 46.3. The van der Waals surface area contributed by atoms with Crippen LogP contribution in [0.15, 0.2) is 0 Å². The van der Waals surface area contributed by atoms with Gasteiger partial charge in [0.15, 0.2) is 0 Å². The van der Waals surface area contributed by atoms with Crippen LogP contribution in [0, 0.1) is 37.0 Å². The van der Waals surface area contributed by atoms with E-state index in [-0.39, 0.29) is 128 Å². The van der Waals surface area contributed by atoms with E-state index in [2.05, 4.69) is 39.0 Å². The molecule has 0 aliphatic heterocycles. The van der Waals surface area contributed by atoms with Crippen molar-refractivity contribution < 1.29 is 47.6 Å². The van der Waals surface area contributed by atoms with Crippen LogP contribution in [0.5, 0.6) is 0 Å². The van der Waals surface area contributed by atoms with Crippen LogP contribution in [0.3, 0.4) is 0 Å². The van der Waals surface area contributed by atoms with Gasteiger partial charge in [0.1, 0.15) is 19.8 Å². The summed E-state index contributed by atoms with van der Waals surface area (Å²) in [5.41, 5.74) is -0.989. The van der Waals surface area contributed by atoms with Gasteiger partial charge in [0, 0.05) is 50.9 Å². The number of terminal acetylenes is 3. The van der Waals surface area contributed by atoms with Crippen molar-refractivity contribution >= 4 is 23.6 Å². The van der Waals surface area contributed by atoms with Crippen LogP contribution in [0.25, 0.3) is 0 Å². The van der Waals surface area contributed by atoms with Crippen molar-refractivity contribution in [2.45, 2.75) is 70.3 Å². The minimum absolute atomic E-state index is 0.0632. The van der Waals surface area contributed by atoms with Crippen molar-refractivity contribution in [1.82, 2.24) is 21.3 Å². The van der Waals surface area contributed by atoms with E-state index in [1.54, 1.807) is 0 Å². The Labute approximate surface area is 298 Å². The average Bonchev–Trinajstić information content (AvgIpc) is 3.11. The standard InChI is InChI=1S/C36H58N4O10/c1-5-9-10-35(44)40-36(14-11-32(41)37-17-23-48-29-26-45-20-6-2,15-12-33(42)38-18-24-49-30-27-46-21-7-3)16-13-34(43)39-19-25-50-31-28-47-22-8-4/h2-4H,5,9-31H2,1H3,(H,37,41)(H,38,42)(H,39,43)(H,40,44). The first-order chi connectivity index (χ1) is 24.3. The van der Waals surface area contributed by atoms with Gasteiger partial charge in [0.25, 0.3) is 0 Å². The molecule has 282 valence electrons. The Hall–Kier alpha value is -3.68. The van der Waals surface area contributed by atoms with Gasteiger partial charge in [-0.15, -0.1) is 19.3 Å². The van der Waals surface area contributed by atoms with Gasteiger partial charge in [-0.1, -0.05) is 31.1 Å². The van der Waals surface area contributed by atoms with Gasteiger partial charge in [0.05, 0.1) is 59.5 Å². The molecule has 0 spiro atoms. The Balaban J connectivity index is 5.29. The van der Waals surface area contributed by atoms with Crippen LogP contribution in [-0.2, 0) is 47.6 Å². The predicted molar refractivity (Wildman–Crippen MR) is 189 cm³/mol. The van der Waals surface area contributed by atoms with Crippen molar-refractivity contribution in [1.29, 1.82) is 0 Å². The molecule has 0 bridgehead atoms. The smallest absolute Gasteiger partial charge is 0.220 e. The number of carbonyl (C=O) groups is 4. The Morgan fingerprint density at radius 2 is 0.840 bits per heavy atom. The fourth-order valence-electron chi connectivity index (χ4n) is 4.42. The quantitative estimate of drug-likeness (QED) is 0.0552. The average molecular weight is 707 g/mol. The lowest BCUT2D eigenvalue weighted by Crippen LogP contribution is -2.50. The number of amides is 4. The van der Waals surface area contributed by atoms with Crippen LogP contribution in [0.1, 0.15) is 64.7 Å². The fraction of sp³-hybridized carbons (Fsp3) is 0.722. The molecule has 0 radical (unpaired) electrons. The van der Waals surface area contributed by atoms with E-state index >= 15 is 0 Å². The summed E-state index contributed by atoms with van der Waals surface area (Å²) in [5.74, 6) is 6.18. The van der Waals surface area contributed by atoms with Crippen molar-refractivity contribution in [2.24, 2.45) is 0 Å². The highest BCUT2D eigenvalue weighted by atomic mass is 16.5. The summed E-state index contributed by atoms with van der Waals surface area (Å²) in [4.78, 5) is 51.5. The van der Waals surface area contributed by atoms with Gasteiger partial charge < -0.3 is 49.7 Å². The second-order valence-corrected chi connectivity index (χ2v) is 11.1. The van der Waals surface area contributed by atoms with Gasteiger partial charge in [-0.2, -0.15) is 0 Å². The van der Waals surface area contributed by atoms with Crippen LogP contribution in [-0.4, -0.2) is 128 Å². The molecule has 4 N–H and O–H groups in total. The fourth-order valence-corrected chi connectivity index (χ4v) is 4.42. The maximum absolute atomic E-state index is 13.0. The van der Waals surface area contributed by atoms with E-state index in [1.807, 2.05) is 6.92 Å². The third kappa shape index (κ3) is 29.3. The van der Waals surface area contributed by atoms with Crippen molar-refractivity contribution in [3.05, 3.63) is 0 Å². The second kappa shape index (κ2) is 33.8. The third-order valence-electron chi connectivity index (χ3n) is 7.03. The van der Waals surface area contributed by atoms with Crippen molar-refractivity contribution in [3.8, 4) is 37.0 Å². The second-order valence-electron chi connectivity index (χ2n) is 11.1. The van der Waals surface area contributed by atoms with E-state index in [9.17, 15) is 19.2 Å². The minimum Gasteiger partial charge on any atom is -0.377 e. The Morgan fingerprint density at radius 3 is 1.16 bits per heavy atom. The number of hydrogen-bond acceptors (Lipinski definition) is 10. The molecule has 0 saturated heterocycles. The molecule has 0 saturated carbocycles. The predicted octanol–water partition coefficient (Wildman–Crippen LogP) is 0.720. The summed E-state index contributed by atoms with van der Waals surface area (Å²) >= 11 is 0. The highest BCUT2D eigenvalue weighted by Crippen LogP contribution is 2.26. The summed E-state index contributed by atoms with van der Waals surface area (Å²) < 4.78 is 31.8. The minimum atomic E-state index is -0.989. The largest absolute Gasteiger partial charge is 0.377 e. The lowest BCUT2D eigenvalue weighted by atomic mass is 9.83. The van der Waals surface area contributed by atoms with Crippen LogP contribution in [0.4, 0.5) is 0 Å². The SMILES string of the molecule is C#CCOCCOCCNC(=O)CCC(CCC(=O)NCCOCCOCC#C)(CCC(=O)NCCOCCOCC#C)NC(=O)CCCC. The first-order valence-corrected chi connectivity index (χ1v) is 17.2. The van der Waals surface area contributed by atoms with Gasteiger partial charge >= 0.3 is 0 Å². The molecule has 4 amide bonds. The maximum Gasteiger partial charge on any atom is 0.220 e. The van der Waals surface area contributed by atoms with E-state index in [1.165, 1.54) is 0 Å². The zero-order chi connectivity index (χ0) is 37.0. The number of carbonyl (C=O) groups excluding carboxylic acids is 4. The van der Waals surface area contributed by atoms with Crippen LogP contribution < -0.4 is 21.3 Å². The number of nitrogens with one attached hydrogen (secondary N) is 4. The molecular weight excluding hydrogens is 648 g/mol. The lowest BCUT2D eigenvalue weighted by molar-refractivity contribution is -0.127. The molecule has 0 aromatic carbocycles. The number of hydrogen-bond donors (Lipinski definition) is 4. The van der Waals surface area contributed by atoms with E-state index in [0.29, 0.717) is 46.1 Å². The lowest BCUT2D eigenvalue weighted by Gasteiger charge is -2.35. The van der Waals surface area contributed by atoms with Crippen molar-refractivity contribution in [3.63, 3.8) is 0 Å². The summed E-state index contributed by atoms with van der Waals surface area (Å²) in [7, 11) is 0. The highest BCUT2D eigenvalue weighted by molar-refractivity contribution is 5.80. The van der Waals surface area contributed by atoms with Gasteiger partial charge in [-0.3, -0.25) is 19.2 Å². The number of rotatable bonds is 34. The third-order valence-corrected chi connectivity index (χ3v) is 7.03. The first-order valence-electron chi connectivity index (χ1n) is 17.2. The Morgan fingerprint density at radius 1 is 0.500 bits per heavy atom. The normalized spacial score (nSPS) is 10.8. The molecule has 0 unspecified atom stereocenters. The molecule has 14 nitrogen and oxygen atoms in total. The van der Waals surface area contributed by atoms with Gasteiger partial charge in [0.2, 0.25) is 23.6 Å². The number of unbranched alkanes of at least 4 members (excludes halogenated alkanes) is 1. The van der Waals surface area contributed by atoms with E-state index in [4.69, 9.17) is 47.7 Å². The van der Waals surface area contributed by atoms with E-state index < -0.39 is 5.54 Å². The molecule has 0 rings (SSSR count). The topological polar surface area (TPSA) is 172 Å². The van der Waals surface area contributed by atoms with Crippen LogP contribution >= 0.6 is 0 Å². The molecule has 0 atom stereocenters. The summed E-state index contributed by atoms with van der Waals surface area (Å²) in [5, 5.41) is 11.5. The summed E-state index contributed by atoms with van der Waals surface area (Å²) in [6.45, 7) is 6.38. The molecule has 0 aromatic heterocycles. The zero-order valence-electron chi connectivity index (χ0n) is 29.8. The summed E-state index contributed by atoms with van der Waals surface area (Å²) in [6.07, 6.45) is 18.1. The van der Waals surface area contributed by atoms with Crippen LogP contribution in [0.2, 0.25) is 0 Å². The molecule has 14 heteroatoms. The monoisotopic (exact) mass is 706 g/mol. The maximum atomic E-state index is 13.0. The van der Waals surface area contributed by atoms with Gasteiger partial charge in [-0.05, 0) is 25.7 Å². The molecule has 0 fully saturated rings. The zero-order valence-corrected chi connectivity index (χ0v) is 29.8. The Kier molecular flexibility index (Phi) is 31.3. The molecule has 0 aromatic rings. The Bertz CT molecular complexity index is 939. The van der Waals surface area contributed by atoms with Gasteiger partial charge in [-0.25, -0.2) is 0 Å². The molecule has 0 aliphatic carbocycles. The molecule has 0 aliphatic rings. The molecule has 0 heterocycles. The molecule has 50 heavy (non-hydrogen) atoms. The van der Waals surface area contributed by atoms with Crippen molar-refractivity contribution in [2.75, 3.05) is 98.9 Å². The molecular formula is C36H58N4O10. The number of ether oxygens (including phenoxy) is 6. The van der Waals surface area contributed by atoms with E-state index in [0.717, 1.165) is 6.42 Å². The highest BCUT2D eigenvalue weighted by Gasteiger charge is 2.33. The summed E-state index contributed by atoms with van der Waals surface area (Å²) in [6, 6.07) is 0.